The zero-order valence-corrected chi connectivity index (χ0v) is 7.35. The van der Waals surface area contributed by atoms with Gasteiger partial charge in [-0.25, -0.2) is 0 Å². The fourth-order valence-corrected chi connectivity index (χ4v) is 1.56. The molecular formula is C9H19N. The Labute approximate surface area is 64.2 Å². The fraction of sp³-hybridized carbons (Fsp3) is 1.00. The van der Waals surface area contributed by atoms with Crippen molar-refractivity contribution in [2.75, 3.05) is 0 Å². The van der Waals surface area contributed by atoms with Crippen molar-refractivity contribution in [2.24, 2.45) is 5.92 Å². The van der Waals surface area contributed by atoms with Gasteiger partial charge in [-0.05, 0) is 32.1 Å². The molecule has 10 heavy (non-hydrogen) atoms. The Morgan fingerprint density at radius 3 is 2.50 bits per heavy atom. The lowest BCUT2D eigenvalue weighted by molar-refractivity contribution is 0.224. The Morgan fingerprint density at radius 2 is 2.10 bits per heavy atom. The minimum Gasteiger partial charge on any atom is -0.311 e. The molecule has 1 nitrogen and oxygen atoms in total. The van der Waals surface area contributed by atoms with Gasteiger partial charge in [-0.2, -0.15) is 0 Å². The molecule has 0 saturated heterocycles. The molecule has 0 heterocycles. The number of nitrogens with one attached hydrogen (secondary N) is 1. The first-order valence-electron chi connectivity index (χ1n) is 4.48. The molecule has 0 aromatic rings. The van der Waals surface area contributed by atoms with E-state index in [9.17, 15) is 0 Å². The molecule has 0 amide bonds. The van der Waals surface area contributed by atoms with Gasteiger partial charge in [0.05, 0.1) is 0 Å². The van der Waals surface area contributed by atoms with Crippen LogP contribution in [0.4, 0.5) is 0 Å². The van der Waals surface area contributed by atoms with Gasteiger partial charge in [0.1, 0.15) is 0 Å². The lowest BCUT2D eigenvalue weighted by Crippen LogP contribution is -2.44. The standard InChI is InChI=1S/C9H19N/c1-4-8(3)10-9-5-7(2)6-9/h7-10H,4-6H2,1-3H3. The van der Waals surface area contributed by atoms with Gasteiger partial charge < -0.3 is 5.32 Å². The van der Waals surface area contributed by atoms with E-state index in [1.807, 2.05) is 0 Å². The van der Waals surface area contributed by atoms with Crippen molar-refractivity contribution in [3.63, 3.8) is 0 Å². The van der Waals surface area contributed by atoms with Gasteiger partial charge in [-0.3, -0.25) is 0 Å². The van der Waals surface area contributed by atoms with Crippen molar-refractivity contribution in [1.82, 2.24) is 5.32 Å². The molecule has 0 bridgehead atoms. The summed E-state index contributed by atoms with van der Waals surface area (Å²) in [5, 5.41) is 3.60. The molecule has 1 aliphatic carbocycles. The van der Waals surface area contributed by atoms with Crippen LogP contribution < -0.4 is 5.32 Å². The first-order chi connectivity index (χ1) is 4.72. The molecule has 1 heteroatoms. The number of hydrogen-bond acceptors (Lipinski definition) is 1. The molecule has 1 saturated carbocycles. The van der Waals surface area contributed by atoms with Crippen molar-refractivity contribution < 1.29 is 0 Å². The average molecular weight is 141 g/mol. The highest BCUT2D eigenvalue weighted by Gasteiger charge is 2.25. The van der Waals surface area contributed by atoms with Crippen LogP contribution in [0.25, 0.3) is 0 Å². The minimum absolute atomic E-state index is 0.720. The normalized spacial score (nSPS) is 35.1. The van der Waals surface area contributed by atoms with Crippen LogP contribution in [-0.4, -0.2) is 12.1 Å². The molecule has 1 unspecified atom stereocenters. The van der Waals surface area contributed by atoms with Gasteiger partial charge in [0, 0.05) is 12.1 Å². The van der Waals surface area contributed by atoms with Crippen LogP contribution in [0.1, 0.15) is 40.0 Å². The lowest BCUT2D eigenvalue weighted by atomic mass is 9.81. The van der Waals surface area contributed by atoms with E-state index in [-0.39, 0.29) is 0 Å². The third-order valence-corrected chi connectivity index (χ3v) is 2.51. The monoisotopic (exact) mass is 141 g/mol. The van der Waals surface area contributed by atoms with Crippen LogP contribution in [-0.2, 0) is 0 Å². The Kier molecular flexibility index (Phi) is 2.72. The summed E-state index contributed by atoms with van der Waals surface area (Å²) in [4.78, 5) is 0. The summed E-state index contributed by atoms with van der Waals surface area (Å²) in [5.41, 5.74) is 0. The van der Waals surface area contributed by atoms with E-state index < -0.39 is 0 Å². The van der Waals surface area contributed by atoms with E-state index >= 15 is 0 Å². The van der Waals surface area contributed by atoms with Gasteiger partial charge >= 0.3 is 0 Å². The Balaban J connectivity index is 2.04. The average Bonchev–Trinajstić information content (AvgIpc) is 1.84. The van der Waals surface area contributed by atoms with Crippen LogP contribution in [0.15, 0.2) is 0 Å². The highest BCUT2D eigenvalue weighted by atomic mass is 15.0. The van der Waals surface area contributed by atoms with E-state index in [2.05, 4.69) is 26.1 Å². The first kappa shape index (κ1) is 8.06. The molecular weight excluding hydrogens is 122 g/mol. The molecule has 0 aromatic carbocycles. The second-order valence-corrected chi connectivity index (χ2v) is 3.75. The van der Waals surface area contributed by atoms with Crippen LogP contribution in [0, 0.1) is 5.92 Å². The van der Waals surface area contributed by atoms with Gasteiger partial charge in [0.15, 0.2) is 0 Å². The van der Waals surface area contributed by atoms with Crippen molar-refractivity contribution >= 4 is 0 Å². The SMILES string of the molecule is CCC(C)NC1CC(C)C1. The minimum atomic E-state index is 0.720. The summed E-state index contributed by atoms with van der Waals surface area (Å²) in [7, 11) is 0. The zero-order valence-electron chi connectivity index (χ0n) is 7.35. The lowest BCUT2D eigenvalue weighted by Gasteiger charge is -2.35. The number of hydrogen-bond donors (Lipinski definition) is 1. The molecule has 1 aliphatic rings. The predicted molar refractivity (Wildman–Crippen MR) is 45.1 cm³/mol. The molecule has 1 rings (SSSR count). The molecule has 0 spiro atoms. The third-order valence-electron chi connectivity index (χ3n) is 2.51. The van der Waals surface area contributed by atoms with Crippen molar-refractivity contribution in [3.8, 4) is 0 Å². The summed E-state index contributed by atoms with van der Waals surface area (Å²) >= 11 is 0. The summed E-state index contributed by atoms with van der Waals surface area (Å²) in [5.74, 6) is 0.974. The van der Waals surface area contributed by atoms with Gasteiger partial charge in [0.25, 0.3) is 0 Å². The van der Waals surface area contributed by atoms with Crippen molar-refractivity contribution in [1.29, 1.82) is 0 Å². The van der Waals surface area contributed by atoms with Crippen LogP contribution >= 0.6 is 0 Å². The second kappa shape index (κ2) is 3.38. The van der Waals surface area contributed by atoms with Crippen molar-refractivity contribution in [3.05, 3.63) is 0 Å². The number of rotatable bonds is 3. The van der Waals surface area contributed by atoms with E-state index in [4.69, 9.17) is 0 Å². The molecule has 0 aliphatic heterocycles. The topological polar surface area (TPSA) is 12.0 Å². The van der Waals surface area contributed by atoms with Gasteiger partial charge in [-0.15, -0.1) is 0 Å². The smallest absolute Gasteiger partial charge is 0.00746 e. The van der Waals surface area contributed by atoms with E-state index in [1.165, 1.54) is 19.3 Å². The van der Waals surface area contributed by atoms with Crippen LogP contribution in [0.3, 0.4) is 0 Å². The van der Waals surface area contributed by atoms with Crippen molar-refractivity contribution in [2.45, 2.75) is 52.1 Å². The Bertz CT molecular complexity index is 94.9. The summed E-state index contributed by atoms with van der Waals surface area (Å²) in [6, 6.07) is 1.56. The summed E-state index contributed by atoms with van der Waals surface area (Å²) < 4.78 is 0. The van der Waals surface area contributed by atoms with Gasteiger partial charge in [0.2, 0.25) is 0 Å². The summed E-state index contributed by atoms with van der Waals surface area (Å²) in [6.07, 6.45) is 4.04. The molecule has 1 atom stereocenters. The Morgan fingerprint density at radius 1 is 1.50 bits per heavy atom. The van der Waals surface area contributed by atoms with Gasteiger partial charge in [-0.1, -0.05) is 13.8 Å². The highest BCUT2D eigenvalue weighted by molar-refractivity contribution is 4.83. The molecule has 1 fully saturated rings. The molecule has 0 radical (unpaired) electrons. The maximum atomic E-state index is 3.60. The highest BCUT2D eigenvalue weighted by Crippen LogP contribution is 2.26. The summed E-state index contributed by atoms with van der Waals surface area (Å²) in [6.45, 7) is 6.83. The van der Waals surface area contributed by atoms with Crippen LogP contribution in [0.5, 0.6) is 0 Å². The van der Waals surface area contributed by atoms with E-state index in [1.54, 1.807) is 0 Å². The third kappa shape index (κ3) is 1.98. The van der Waals surface area contributed by atoms with Crippen LogP contribution in [0.2, 0.25) is 0 Å². The fourth-order valence-electron chi connectivity index (χ4n) is 1.56. The maximum Gasteiger partial charge on any atom is 0.00746 e. The van der Waals surface area contributed by atoms with E-state index in [0.717, 1.165) is 18.0 Å². The quantitative estimate of drug-likeness (QED) is 0.635. The molecule has 1 N–H and O–H groups in total. The Hall–Kier alpha value is -0.0400. The maximum absolute atomic E-state index is 3.60. The predicted octanol–water partition coefficient (Wildman–Crippen LogP) is 2.17. The first-order valence-corrected chi connectivity index (χ1v) is 4.48. The van der Waals surface area contributed by atoms with E-state index in [0.29, 0.717) is 0 Å². The molecule has 0 aromatic heterocycles. The largest absolute Gasteiger partial charge is 0.311 e. The zero-order chi connectivity index (χ0) is 7.56. The molecule has 60 valence electrons. The second-order valence-electron chi connectivity index (χ2n) is 3.75.